The van der Waals surface area contributed by atoms with Crippen LogP contribution in [0.4, 0.5) is 4.79 Å². The zero-order valence-electron chi connectivity index (χ0n) is 18.2. The number of carbonyl (C=O) groups excluding carboxylic acids is 2. The molecule has 4 aromatic rings. The van der Waals surface area contributed by atoms with Gasteiger partial charge in [0.2, 0.25) is 0 Å². The van der Waals surface area contributed by atoms with E-state index in [9.17, 15) is 9.59 Å². The summed E-state index contributed by atoms with van der Waals surface area (Å²) in [5.41, 5.74) is 5.96. The number of amides is 2. The molecule has 3 N–H and O–H groups in total. The number of aromatic amines is 1. The van der Waals surface area contributed by atoms with Crippen molar-refractivity contribution in [1.29, 1.82) is 0 Å². The van der Waals surface area contributed by atoms with E-state index in [1.165, 1.54) is 6.21 Å². The van der Waals surface area contributed by atoms with Gasteiger partial charge in [-0.1, -0.05) is 72.3 Å². The lowest BCUT2D eigenvalue weighted by molar-refractivity contribution is -0.123. The number of nitrogens with one attached hydrogen (secondary N) is 3. The summed E-state index contributed by atoms with van der Waals surface area (Å²) in [6, 6.07) is 23.2. The molecule has 0 aliphatic rings. The van der Waals surface area contributed by atoms with Crippen LogP contribution in [0.2, 0.25) is 5.02 Å². The summed E-state index contributed by atoms with van der Waals surface area (Å²) in [5.74, 6) is -0.466. The minimum Gasteiger partial charge on any atom is -0.445 e. The van der Waals surface area contributed by atoms with Crippen LogP contribution in [-0.4, -0.2) is 29.2 Å². The predicted molar refractivity (Wildman–Crippen MR) is 133 cm³/mol. The Kier molecular flexibility index (Phi) is 7.57. The molecule has 0 aliphatic carbocycles. The van der Waals surface area contributed by atoms with Gasteiger partial charge in [0.05, 0.1) is 6.21 Å². The Morgan fingerprint density at radius 2 is 1.74 bits per heavy atom. The van der Waals surface area contributed by atoms with E-state index < -0.39 is 18.0 Å². The number of rotatable bonds is 8. The first-order chi connectivity index (χ1) is 16.6. The van der Waals surface area contributed by atoms with E-state index in [0.717, 1.165) is 27.6 Å². The van der Waals surface area contributed by atoms with Gasteiger partial charge in [0.25, 0.3) is 5.91 Å². The third kappa shape index (κ3) is 6.24. The molecule has 1 atom stereocenters. The highest BCUT2D eigenvalue weighted by atomic mass is 35.5. The minimum atomic E-state index is -0.898. The predicted octanol–water partition coefficient (Wildman–Crippen LogP) is 4.81. The average Bonchev–Trinajstić information content (AvgIpc) is 3.27. The normalized spacial score (nSPS) is 11.9. The number of alkyl carbamates (subject to hydrolysis) is 1. The molecule has 0 radical (unpaired) electrons. The van der Waals surface area contributed by atoms with E-state index in [4.69, 9.17) is 16.3 Å². The number of hydrogen-bond donors (Lipinski definition) is 3. The summed E-state index contributed by atoms with van der Waals surface area (Å²) < 4.78 is 5.31. The van der Waals surface area contributed by atoms with E-state index in [1.807, 2.05) is 60.8 Å². The molecule has 0 fully saturated rings. The molecule has 4 rings (SSSR count). The van der Waals surface area contributed by atoms with Crippen molar-refractivity contribution < 1.29 is 14.3 Å². The summed E-state index contributed by atoms with van der Waals surface area (Å²) in [6.45, 7) is 0.100. The van der Waals surface area contributed by atoms with E-state index in [1.54, 1.807) is 24.3 Å². The Labute approximate surface area is 201 Å². The van der Waals surface area contributed by atoms with E-state index >= 15 is 0 Å². The Morgan fingerprint density at radius 3 is 2.53 bits per heavy atom. The van der Waals surface area contributed by atoms with Crippen LogP contribution < -0.4 is 10.7 Å². The van der Waals surface area contributed by atoms with Gasteiger partial charge in [-0.05, 0) is 34.9 Å². The second-order valence-corrected chi connectivity index (χ2v) is 8.04. The number of hydrazone groups is 1. The first-order valence-electron chi connectivity index (χ1n) is 10.7. The molecule has 1 heterocycles. The fourth-order valence-electron chi connectivity index (χ4n) is 3.43. The summed E-state index contributed by atoms with van der Waals surface area (Å²) in [7, 11) is 0. The summed E-state index contributed by atoms with van der Waals surface area (Å²) in [4.78, 5) is 28.6. The van der Waals surface area contributed by atoms with Crippen LogP contribution in [0.1, 0.15) is 16.7 Å². The van der Waals surface area contributed by atoms with Gasteiger partial charge in [-0.3, -0.25) is 4.79 Å². The molecule has 1 aromatic heterocycles. The maximum Gasteiger partial charge on any atom is 0.408 e. The molecular weight excluding hydrogens is 452 g/mol. The van der Waals surface area contributed by atoms with Gasteiger partial charge in [-0.2, -0.15) is 5.10 Å². The van der Waals surface area contributed by atoms with Gasteiger partial charge in [-0.15, -0.1) is 0 Å². The fraction of sp³-hybridized carbons (Fsp3) is 0.115. The molecule has 0 spiro atoms. The molecule has 0 saturated carbocycles. The van der Waals surface area contributed by atoms with Gasteiger partial charge in [0.15, 0.2) is 0 Å². The highest BCUT2D eigenvalue weighted by molar-refractivity contribution is 6.30. The number of para-hydroxylation sites is 1. The van der Waals surface area contributed by atoms with Gasteiger partial charge >= 0.3 is 6.09 Å². The number of H-pyrrole nitrogens is 1. The standard InChI is InChI=1S/C26H23ClN4O3/c27-21-12-10-18(11-13-21)15-29-31-25(32)24(14-20-16-28-23-9-5-4-8-22(20)23)30-26(33)34-17-19-6-2-1-3-7-19/h1-13,15-16,24,28H,14,17H2,(H,30,33)(H,31,32)/b29-15-/t24-/m1/s1. The Bertz CT molecular complexity index is 1290. The number of nitrogens with zero attached hydrogens (tertiary/aromatic N) is 1. The smallest absolute Gasteiger partial charge is 0.408 e. The van der Waals surface area contributed by atoms with E-state index in [0.29, 0.717) is 5.02 Å². The van der Waals surface area contributed by atoms with Crippen molar-refractivity contribution in [2.45, 2.75) is 19.1 Å². The molecule has 34 heavy (non-hydrogen) atoms. The van der Waals surface area contributed by atoms with Gasteiger partial charge in [-0.25, -0.2) is 10.2 Å². The molecule has 2 amide bonds. The molecule has 3 aromatic carbocycles. The minimum absolute atomic E-state index is 0.100. The van der Waals surface area contributed by atoms with Crippen molar-refractivity contribution in [1.82, 2.24) is 15.7 Å². The first-order valence-corrected chi connectivity index (χ1v) is 11.1. The van der Waals surface area contributed by atoms with Crippen LogP contribution in [-0.2, 0) is 22.6 Å². The van der Waals surface area contributed by atoms with E-state index in [2.05, 4.69) is 20.8 Å². The topological polar surface area (TPSA) is 95.6 Å². The quantitative estimate of drug-likeness (QED) is 0.252. The van der Waals surface area contributed by atoms with Crippen LogP contribution in [0.3, 0.4) is 0 Å². The van der Waals surface area contributed by atoms with Crippen LogP contribution in [0.15, 0.2) is 90.2 Å². The maximum absolute atomic E-state index is 12.9. The fourth-order valence-corrected chi connectivity index (χ4v) is 3.56. The molecule has 0 saturated heterocycles. The molecule has 8 heteroatoms. The highest BCUT2D eigenvalue weighted by Gasteiger charge is 2.23. The Morgan fingerprint density at radius 1 is 1.00 bits per heavy atom. The maximum atomic E-state index is 12.9. The molecule has 7 nitrogen and oxygen atoms in total. The number of aromatic nitrogens is 1. The van der Waals surface area contributed by atoms with Crippen LogP contribution in [0, 0.1) is 0 Å². The second kappa shape index (κ2) is 11.2. The number of fused-ring (bicyclic) bond motifs is 1. The SMILES string of the molecule is O=C(N[C@H](Cc1c[nH]c2ccccc12)C(=O)N/N=C\c1ccc(Cl)cc1)OCc1ccccc1. The molecule has 0 unspecified atom stereocenters. The van der Waals surface area contributed by atoms with Gasteiger partial charge in [0.1, 0.15) is 12.6 Å². The van der Waals surface area contributed by atoms with Crippen molar-refractivity contribution in [2.75, 3.05) is 0 Å². The van der Waals surface area contributed by atoms with E-state index in [-0.39, 0.29) is 13.0 Å². The lowest BCUT2D eigenvalue weighted by atomic mass is 10.0. The number of carbonyl (C=O) groups is 2. The Hall–Kier alpha value is -4.10. The highest BCUT2D eigenvalue weighted by Crippen LogP contribution is 2.19. The third-order valence-corrected chi connectivity index (χ3v) is 5.43. The average molecular weight is 475 g/mol. The molecule has 0 aliphatic heterocycles. The summed E-state index contributed by atoms with van der Waals surface area (Å²) in [6.07, 6.45) is 2.90. The second-order valence-electron chi connectivity index (χ2n) is 7.61. The zero-order chi connectivity index (χ0) is 23.8. The van der Waals surface area contributed by atoms with Gasteiger partial charge < -0.3 is 15.0 Å². The first kappa shape index (κ1) is 23.1. The van der Waals surface area contributed by atoms with Crippen molar-refractivity contribution in [3.63, 3.8) is 0 Å². The number of ether oxygens (including phenoxy) is 1. The van der Waals surface area contributed by atoms with Crippen molar-refractivity contribution >= 4 is 40.7 Å². The zero-order valence-corrected chi connectivity index (χ0v) is 19.0. The van der Waals surface area contributed by atoms with Crippen LogP contribution >= 0.6 is 11.6 Å². The summed E-state index contributed by atoms with van der Waals surface area (Å²) >= 11 is 5.89. The van der Waals surface area contributed by atoms with Crippen LogP contribution in [0.25, 0.3) is 10.9 Å². The van der Waals surface area contributed by atoms with Crippen molar-refractivity contribution in [2.24, 2.45) is 5.10 Å². The Balaban J connectivity index is 1.45. The molecule has 172 valence electrons. The lowest BCUT2D eigenvalue weighted by Gasteiger charge is -2.17. The summed E-state index contributed by atoms with van der Waals surface area (Å²) in [5, 5.41) is 8.27. The number of benzene rings is 3. The monoisotopic (exact) mass is 474 g/mol. The van der Waals surface area contributed by atoms with Crippen LogP contribution in [0.5, 0.6) is 0 Å². The largest absolute Gasteiger partial charge is 0.445 e. The van der Waals surface area contributed by atoms with Gasteiger partial charge in [0, 0.05) is 28.5 Å². The third-order valence-electron chi connectivity index (χ3n) is 5.18. The van der Waals surface area contributed by atoms with Crippen molar-refractivity contribution in [3.8, 4) is 0 Å². The molecule has 0 bridgehead atoms. The molecular formula is C26H23ClN4O3. The lowest BCUT2D eigenvalue weighted by Crippen LogP contribution is -2.47. The van der Waals surface area contributed by atoms with Crippen molar-refractivity contribution in [3.05, 3.63) is 107 Å². The number of halogens is 1. The number of hydrogen-bond acceptors (Lipinski definition) is 4.